The van der Waals surface area contributed by atoms with Gasteiger partial charge in [0.25, 0.3) is 0 Å². The molecule has 18 heavy (non-hydrogen) atoms. The summed E-state index contributed by atoms with van der Waals surface area (Å²) in [5, 5.41) is 20.4. The van der Waals surface area contributed by atoms with E-state index in [9.17, 15) is 0 Å². The normalized spacial score (nSPS) is 20.5. The Morgan fingerprint density at radius 1 is 1.44 bits per heavy atom. The standard InChI is InChI=1S/C12H19N5O/c1-7-4-5-17(6-7)12-10(11(13)16-18)8(2)9(3)14-15-12/h7,18H,4-6H2,1-3H3,(H2,13,16). The van der Waals surface area contributed by atoms with Gasteiger partial charge in [0.2, 0.25) is 0 Å². The molecule has 6 heteroatoms. The van der Waals surface area contributed by atoms with Crippen molar-refractivity contribution in [2.45, 2.75) is 27.2 Å². The number of anilines is 1. The third-order valence-corrected chi connectivity index (χ3v) is 3.52. The smallest absolute Gasteiger partial charge is 0.174 e. The van der Waals surface area contributed by atoms with Crippen LogP contribution in [0.3, 0.4) is 0 Å². The van der Waals surface area contributed by atoms with E-state index in [2.05, 4.69) is 27.2 Å². The first-order chi connectivity index (χ1) is 8.54. The molecule has 1 atom stereocenters. The lowest BCUT2D eigenvalue weighted by Gasteiger charge is -2.21. The van der Waals surface area contributed by atoms with E-state index in [4.69, 9.17) is 10.9 Å². The molecule has 1 aromatic rings. The molecule has 3 N–H and O–H groups in total. The highest BCUT2D eigenvalue weighted by molar-refractivity contribution is 6.02. The largest absolute Gasteiger partial charge is 0.409 e. The lowest BCUT2D eigenvalue weighted by Crippen LogP contribution is -2.27. The quantitative estimate of drug-likeness (QED) is 0.354. The number of rotatable bonds is 2. The summed E-state index contributed by atoms with van der Waals surface area (Å²) in [5.74, 6) is 1.45. The van der Waals surface area contributed by atoms with E-state index in [1.54, 1.807) is 0 Å². The van der Waals surface area contributed by atoms with E-state index in [0.717, 1.165) is 36.6 Å². The van der Waals surface area contributed by atoms with E-state index >= 15 is 0 Å². The van der Waals surface area contributed by atoms with Crippen LogP contribution in [0.15, 0.2) is 5.16 Å². The van der Waals surface area contributed by atoms with Crippen LogP contribution in [-0.2, 0) is 0 Å². The predicted molar refractivity (Wildman–Crippen MR) is 70.0 cm³/mol. The fourth-order valence-electron chi connectivity index (χ4n) is 2.30. The number of hydrogen-bond donors (Lipinski definition) is 2. The molecule has 0 amide bonds. The molecular weight excluding hydrogens is 230 g/mol. The first kappa shape index (κ1) is 12.6. The molecule has 98 valence electrons. The maximum absolute atomic E-state index is 8.92. The van der Waals surface area contributed by atoms with Crippen molar-refractivity contribution in [2.24, 2.45) is 16.8 Å². The Labute approximate surface area is 106 Å². The van der Waals surface area contributed by atoms with Crippen LogP contribution in [0.25, 0.3) is 0 Å². The van der Waals surface area contributed by atoms with Crippen LogP contribution < -0.4 is 10.6 Å². The molecule has 0 aromatic carbocycles. The molecule has 1 unspecified atom stereocenters. The monoisotopic (exact) mass is 249 g/mol. The van der Waals surface area contributed by atoms with Crippen LogP contribution in [0.1, 0.15) is 30.2 Å². The van der Waals surface area contributed by atoms with Crippen LogP contribution in [0, 0.1) is 19.8 Å². The van der Waals surface area contributed by atoms with Crippen molar-refractivity contribution in [3.63, 3.8) is 0 Å². The maximum atomic E-state index is 8.92. The number of oxime groups is 1. The summed E-state index contributed by atoms with van der Waals surface area (Å²) in [6.07, 6.45) is 1.13. The Hall–Kier alpha value is -1.85. The van der Waals surface area contributed by atoms with Crippen LogP contribution in [0.5, 0.6) is 0 Å². The van der Waals surface area contributed by atoms with E-state index in [1.807, 2.05) is 13.8 Å². The average Bonchev–Trinajstić information content (AvgIpc) is 2.78. The van der Waals surface area contributed by atoms with Gasteiger partial charge in [0.15, 0.2) is 11.7 Å². The van der Waals surface area contributed by atoms with E-state index in [1.165, 1.54) is 0 Å². The summed E-state index contributed by atoms with van der Waals surface area (Å²) >= 11 is 0. The second kappa shape index (κ2) is 4.80. The van der Waals surface area contributed by atoms with Gasteiger partial charge in [-0.15, -0.1) is 5.10 Å². The minimum absolute atomic E-state index is 0.0973. The van der Waals surface area contributed by atoms with Crippen LogP contribution in [0.4, 0.5) is 5.82 Å². The first-order valence-electron chi connectivity index (χ1n) is 6.11. The molecule has 2 rings (SSSR count). The Balaban J connectivity index is 2.50. The van der Waals surface area contributed by atoms with E-state index < -0.39 is 0 Å². The zero-order valence-electron chi connectivity index (χ0n) is 11.0. The van der Waals surface area contributed by atoms with Crippen molar-refractivity contribution in [3.05, 3.63) is 16.8 Å². The van der Waals surface area contributed by atoms with Crippen molar-refractivity contribution in [2.75, 3.05) is 18.0 Å². The second-order valence-corrected chi connectivity index (χ2v) is 4.93. The highest BCUT2D eigenvalue weighted by atomic mass is 16.4. The summed E-state index contributed by atoms with van der Waals surface area (Å²) in [7, 11) is 0. The Bertz CT molecular complexity index is 486. The molecular formula is C12H19N5O. The summed E-state index contributed by atoms with van der Waals surface area (Å²) in [6.45, 7) is 7.86. The van der Waals surface area contributed by atoms with Crippen molar-refractivity contribution in [1.29, 1.82) is 0 Å². The Morgan fingerprint density at radius 2 is 2.17 bits per heavy atom. The number of aromatic nitrogens is 2. The number of hydrogen-bond acceptors (Lipinski definition) is 5. The van der Waals surface area contributed by atoms with Gasteiger partial charge in [0.05, 0.1) is 11.3 Å². The predicted octanol–water partition coefficient (Wildman–Crippen LogP) is 1.03. The van der Waals surface area contributed by atoms with Crippen LogP contribution >= 0.6 is 0 Å². The summed E-state index contributed by atoms with van der Waals surface area (Å²) < 4.78 is 0. The molecule has 6 nitrogen and oxygen atoms in total. The number of aryl methyl sites for hydroxylation is 1. The van der Waals surface area contributed by atoms with Gasteiger partial charge in [-0.05, 0) is 31.7 Å². The Morgan fingerprint density at radius 3 is 2.72 bits per heavy atom. The zero-order chi connectivity index (χ0) is 13.3. The lowest BCUT2D eigenvalue weighted by atomic mass is 10.1. The highest BCUT2D eigenvalue weighted by Crippen LogP contribution is 2.27. The van der Waals surface area contributed by atoms with Gasteiger partial charge in [-0.2, -0.15) is 5.10 Å². The highest BCUT2D eigenvalue weighted by Gasteiger charge is 2.25. The van der Waals surface area contributed by atoms with Gasteiger partial charge in [-0.3, -0.25) is 0 Å². The second-order valence-electron chi connectivity index (χ2n) is 4.93. The van der Waals surface area contributed by atoms with Crippen LogP contribution in [-0.4, -0.2) is 34.3 Å². The maximum Gasteiger partial charge on any atom is 0.174 e. The molecule has 1 aliphatic heterocycles. The zero-order valence-corrected chi connectivity index (χ0v) is 11.0. The Kier molecular flexibility index (Phi) is 3.36. The summed E-state index contributed by atoms with van der Waals surface area (Å²) in [6, 6.07) is 0. The molecule has 1 aliphatic rings. The number of nitrogens with two attached hydrogens (primary N) is 1. The van der Waals surface area contributed by atoms with E-state index in [-0.39, 0.29) is 5.84 Å². The molecule has 0 bridgehead atoms. The minimum atomic E-state index is 0.0973. The van der Waals surface area contributed by atoms with Gasteiger partial charge in [-0.25, -0.2) is 0 Å². The first-order valence-corrected chi connectivity index (χ1v) is 6.11. The number of nitrogens with zero attached hydrogens (tertiary/aromatic N) is 4. The van der Waals surface area contributed by atoms with Crippen LogP contribution in [0.2, 0.25) is 0 Å². The van der Waals surface area contributed by atoms with Crippen molar-refractivity contribution in [3.8, 4) is 0 Å². The van der Waals surface area contributed by atoms with Gasteiger partial charge >= 0.3 is 0 Å². The fourth-order valence-corrected chi connectivity index (χ4v) is 2.30. The molecule has 0 aliphatic carbocycles. The van der Waals surface area contributed by atoms with Crippen molar-refractivity contribution < 1.29 is 5.21 Å². The molecule has 0 spiro atoms. The minimum Gasteiger partial charge on any atom is -0.409 e. The summed E-state index contributed by atoms with van der Waals surface area (Å²) in [4.78, 5) is 2.15. The topological polar surface area (TPSA) is 87.6 Å². The van der Waals surface area contributed by atoms with Gasteiger partial charge in [0.1, 0.15) is 0 Å². The molecule has 1 fully saturated rings. The molecule has 0 radical (unpaired) electrons. The molecule has 2 heterocycles. The fraction of sp³-hybridized carbons (Fsp3) is 0.583. The molecule has 0 saturated carbocycles. The lowest BCUT2D eigenvalue weighted by molar-refractivity contribution is 0.318. The average molecular weight is 249 g/mol. The van der Waals surface area contributed by atoms with Crippen molar-refractivity contribution >= 4 is 11.7 Å². The van der Waals surface area contributed by atoms with Crippen molar-refractivity contribution in [1.82, 2.24) is 10.2 Å². The third-order valence-electron chi connectivity index (χ3n) is 3.52. The third kappa shape index (κ3) is 2.10. The summed E-state index contributed by atoms with van der Waals surface area (Å²) in [5.41, 5.74) is 8.18. The van der Waals surface area contributed by atoms with Gasteiger partial charge < -0.3 is 15.8 Å². The van der Waals surface area contributed by atoms with Gasteiger partial charge in [-0.1, -0.05) is 12.1 Å². The SMILES string of the molecule is Cc1nnc(N2CCC(C)C2)c(C(N)=NO)c1C. The van der Waals surface area contributed by atoms with E-state index in [0.29, 0.717) is 11.5 Å². The van der Waals surface area contributed by atoms with Gasteiger partial charge in [0, 0.05) is 13.1 Å². The molecule has 1 saturated heterocycles. The number of amidine groups is 1. The molecule has 1 aromatic heterocycles.